The topological polar surface area (TPSA) is 55.4 Å². The first kappa shape index (κ1) is 11.2. The number of carbonyl (C=O) groups excluding carboxylic acids is 2. The van der Waals surface area contributed by atoms with Crippen molar-refractivity contribution in [2.75, 3.05) is 19.0 Å². The first-order chi connectivity index (χ1) is 5.70. The summed E-state index contributed by atoms with van der Waals surface area (Å²) in [5.41, 5.74) is 0. The highest BCUT2D eigenvalue weighted by molar-refractivity contribution is 6.27. The predicted molar refractivity (Wildman–Crippen MR) is 45.4 cm³/mol. The number of ketones is 1. The van der Waals surface area contributed by atoms with Crippen LogP contribution in [0.15, 0.2) is 0 Å². The third-order valence-electron chi connectivity index (χ3n) is 1.10. The molecule has 0 fully saturated rings. The zero-order valence-corrected chi connectivity index (χ0v) is 7.69. The molecule has 12 heavy (non-hydrogen) atoms. The summed E-state index contributed by atoms with van der Waals surface area (Å²) in [6.07, 6.45) is -0.248. The van der Waals surface area contributed by atoms with Gasteiger partial charge in [-0.25, -0.2) is 4.79 Å². The lowest BCUT2D eigenvalue weighted by atomic mass is 10.3. The van der Waals surface area contributed by atoms with E-state index >= 15 is 0 Å². The van der Waals surface area contributed by atoms with E-state index in [2.05, 4.69) is 10.1 Å². The minimum atomic E-state index is -0.500. The normalized spacial score (nSPS) is 9.17. The van der Waals surface area contributed by atoms with E-state index in [1.54, 1.807) is 6.92 Å². The van der Waals surface area contributed by atoms with E-state index in [0.29, 0.717) is 6.61 Å². The molecule has 1 amide bonds. The number of hydrogen-bond donors (Lipinski definition) is 1. The summed E-state index contributed by atoms with van der Waals surface area (Å²) in [7, 11) is 0. The molecule has 0 heterocycles. The molecule has 1 N–H and O–H groups in total. The van der Waals surface area contributed by atoms with E-state index in [4.69, 9.17) is 11.6 Å². The van der Waals surface area contributed by atoms with Gasteiger partial charge >= 0.3 is 6.09 Å². The Kier molecular flexibility index (Phi) is 6.47. The van der Waals surface area contributed by atoms with Crippen LogP contribution in [-0.4, -0.2) is 30.9 Å². The SMILES string of the molecule is CCOC(=O)NCCC(=O)CCl. The van der Waals surface area contributed by atoms with Crippen LogP contribution in [0.5, 0.6) is 0 Å². The Hall–Kier alpha value is -0.770. The molecule has 0 radical (unpaired) electrons. The van der Waals surface area contributed by atoms with Crippen LogP contribution in [0.3, 0.4) is 0 Å². The van der Waals surface area contributed by atoms with Gasteiger partial charge < -0.3 is 10.1 Å². The zero-order valence-electron chi connectivity index (χ0n) is 6.93. The third-order valence-corrected chi connectivity index (χ3v) is 1.40. The number of ether oxygens (including phenoxy) is 1. The van der Waals surface area contributed by atoms with Crippen molar-refractivity contribution >= 4 is 23.5 Å². The number of rotatable bonds is 5. The first-order valence-electron chi connectivity index (χ1n) is 3.69. The number of carbonyl (C=O) groups is 2. The molecule has 0 spiro atoms. The van der Waals surface area contributed by atoms with E-state index < -0.39 is 6.09 Å². The fraction of sp³-hybridized carbons (Fsp3) is 0.714. The monoisotopic (exact) mass is 193 g/mol. The van der Waals surface area contributed by atoms with E-state index in [0.717, 1.165) is 0 Å². The zero-order chi connectivity index (χ0) is 9.40. The van der Waals surface area contributed by atoms with Crippen molar-refractivity contribution < 1.29 is 14.3 Å². The third kappa shape index (κ3) is 5.97. The molecule has 0 aromatic carbocycles. The molecule has 0 saturated heterocycles. The molecule has 0 saturated carbocycles. The fourth-order valence-electron chi connectivity index (χ4n) is 0.553. The van der Waals surface area contributed by atoms with Gasteiger partial charge in [0.2, 0.25) is 0 Å². The number of nitrogens with one attached hydrogen (secondary N) is 1. The molecule has 0 atom stereocenters. The van der Waals surface area contributed by atoms with Crippen LogP contribution < -0.4 is 5.32 Å². The second-order valence-corrected chi connectivity index (χ2v) is 2.34. The van der Waals surface area contributed by atoms with Crippen molar-refractivity contribution in [3.8, 4) is 0 Å². The van der Waals surface area contributed by atoms with E-state index in [9.17, 15) is 9.59 Å². The van der Waals surface area contributed by atoms with Crippen molar-refractivity contribution in [2.45, 2.75) is 13.3 Å². The van der Waals surface area contributed by atoms with Gasteiger partial charge in [-0.05, 0) is 6.92 Å². The van der Waals surface area contributed by atoms with Gasteiger partial charge in [-0.1, -0.05) is 0 Å². The maximum Gasteiger partial charge on any atom is 0.407 e. The van der Waals surface area contributed by atoms with Gasteiger partial charge in [-0.3, -0.25) is 4.79 Å². The summed E-state index contributed by atoms with van der Waals surface area (Å²) in [6.45, 7) is 2.32. The number of alkyl carbamates (subject to hydrolysis) is 1. The highest BCUT2D eigenvalue weighted by Gasteiger charge is 2.02. The van der Waals surface area contributed by atoms with Crippen LogP contribution in [-0.2, 0) is 9.53 Å². The van der Waals surface area contributed by atoms with Crippen LogP contribution in [0.4, 0.5) is 4.79 Å². The molecular formula is C7H12ClNO3. The van der Waals surface area contributed by atoms with Crippen LogP contribution in [0, 0.1) is 0 Å². The van der Waals surface area contributed by atoms with Gasteiger partial charge in [0.15, 0.2) is 0 Å². The lowest BCUT2D eigenvalue weighted by Gasteiger charge is -2.02. The van der Waals surface area contributed by atoms with Gasteiger partial charge in [0.1, 0.15) is 5.78 Å². The summed E-state index contributed by atoms with van der Waals surface area (Å²) in [5.74, 6) is -0.0988. The lowest BCUT2D eigenvalue weighted by molar-refractivity contribution is -0.116. The minimum absolute atomic E-state index is 0.00942. The molecule has 0 unspecified atom stereocenters. The molecule has 5 heteroatoms. The predicted octanol–water partition coefficient (Wildman–Crippen LogP) is 0.930. The van der Waals surface area contributed by atoms with Gasteiger partial charge in [0.25, 0.3) is 0 Å². The highest BCUT2D eigenvalue weighted by atomic mass is 35.5. The van der Waals surface area contributed by atoms with Crippen molar-refractivity contribution in [1.82, 2.24) is 5.32 Å². The van der Waals surface area contributed by atoms with E-state index in [1.807, 2.05) is 0 Å². The van der Waals surface area contributed by atoms with Gasteiger partial charge in [-0.2, -0.15) is 0 Å². The maximum atomic E-state index is 10.6. The number of amides is 1. The fourth-order valence-corrected chi connectivity index (χ4v) is 0.687. The van der Waals surface area contributed by atoms with E-state index in [-0.39, 0.29) is 24.6 Å². The Balaban J connectivity index is 3.30. The molecule has 70 valence electrons. The van der Waals surface area contributed by atoms with Crippen LogP contribution in [0.25, 0.3) is 0 Å². The molecule has 4 nitrogen and oxygen atoms in total. The first-order valence-corrected chi connectivity index (χ1v) is 4.22. The van der Waals surface area contributed by atoms with Gasteiger partial charge in [-0.15, -0.1) is 11.6 Å². The average Bonchev–Trinajstić information content (AvgIpc) is 2.04. The van der Waals surface area contributed by atoms with Crippen molar-refractivity contribution in [3.05, 3.63) is 0 Å². The molecule has 0 rings (SSSR count). The number of Topliss-reactive ketones (excluding diaryl/α,β-unsaturated/α-hetero) is 1. The Bertz CT molecular complexity index is 161. The molecule has 0 bridgehead atoms. The Morgan fingerprint density at radius 3 is 2.67 bits per heavy atom. The Morgan fingerprint density at radius 2 is 2.17 bits per heavy atom. The van der Waals surface area contributed by atoms with Crippen molar-refractivity contribution in [1.29, 1.82) is 0 Å². The minimum Gasteiger partial charge on any atom is -0.450 e. The quantitative estimate of drug-likeness (QED) is 0.661. The summed E-state index contributed by atoms with van der Waals surface area (Å²) in [6, 6.07) is 0. The number of halogens is 1. The number of hydrogen-bond acceptors (Lipinski definition) is 3. The molecule has 0 aliphatic heterocycles. The van der Waals surface area contributed by atoms with Gasteiger partial charge in [0.05, 0.1) is 12.5 Å². The lowest BCUT2D eigenvalue weighted by Crippen LogP contribution is -2.26. The second-order valence-electron chi connectivity index (χ2n) is 2.07. The Morgan fingerprint density at radius 1 is 1.50 bits per heavy atom. The summed E-state index contributed by atoms with van der Waals surface area (Å²) < 4.78 is 4.56. The molecule has 0 aromatic rings. The number of alkyl halides is 1. The largest absolute Gasteiger partial charge is 0.450 e. The second kappa shape index (κ2) is 6.91. The molecule has 0 aromatic heterocycles. The van der Waals surface area contributed by atoms with Crippen LogP contribution in [0.2, 0.25) is 0 Å². The summed E-state index contributed by atoms with van der Waals surface area (Å²) in [5, 5.41) is 2.41. The molecule has 0 aliphatic carbocycles. The van der Waals surface area contributed by atoms with Crippen LogP contribution in [0.1, 0.15) is 13.3 Å². The van der Waals surface area contributed by atoms with E-state index in [1.165, 1.54) is 0 Å². The smallest absolute Gasteiger partial charge is 0.407 e. The average molecular weight is 194 g/mol. The van der Waals surface area contributed by atoms with Crippen molar-refractivity contribution in [3.63, 3.8) is 0 Å². The van der Waals surface area contributed by atoms with Crippen molar-refractivity contribution in [2.24, 2.45) is 0 Å². The molecular weight excluding hydrogens is 182 g/mol. The van der Waals surface area contributed by atoms with Gasteiger partial charge in [0, 0.05) is 13.0 Å². The maximum absolute atomic E-state index is 10.6. The summed E-state index contributed by atoms with van der Waals surface area (Å²) >= 11 is 5.23. The molecule has 0 aliphatic rings. The standard InChI is InChI=1S/C7H12ClNO3/c1-2-12-7(11)9-4-3-6(10)5-8/h2-5H2,1H3,(H,9,11). The Labute approximate surface area is 76.2 Å². The summed E-state index contributed by atoms with van der Waals surface area (Å²) in [4.78, 5) is 21.3. The van der Waals surface area contributed by atoms with Crippen LogP contribution >= 0.6 is 11.6 Å². The highest BCUT2D eigenvalue weighted by Crippen LogP contribution is 1.85.